The summed E-state index contributed by atoms with van der Waals surface area (Å²) < 4.78 is 4.96. The number of pyridine rings is 1. The molecule has 260 valence electrons. The van der Waals surface area contributed by atoms with Crippen molar-refractivity contribution in [1.29, 1.82) is 0 Å². The lowest BCUT2D eigenvalue weighted by Crippen LogP contribution is -1.99. The Labute approximate surface area is 322 Å². The molecule has 0 atom stereocenters. The Bertz CT molecular complexity index is 3430. The maximum absolute atomic E-state index is 5.51. The van der Waals surface area contributed by atoms with Crippen molar-refractivity contribution in [2.24, 2.45) is 0 Å². The van der Waals surface area contributed by atoms with Crippen LogP contribution in [0.3, 0.4) is 0 Å². The highest BCUT2D eigenvalue weighted by atomic mass is 15.0. The zero-order valence-electron chi connectivity index (χ0n) is 30.4. The summed E-state index contributed by atoms with van der Waals surface area (Å²) in [5, 5.41) is 12.1. The molecule has 0 fully saturated rings. The lowest BCUT2D eigenvalue weighted by molar-refractivity contribution is 1.16. The lowest BCUT2D eigenvalue weighted by atomic mass is 9.98. The minimum atomic E-state index is 0.943. The van der Waals surface area contributed by atoms with Crippen LogP contribution in [0.25, 0.3) is 110 Å². The van der Waals surface area contributed by atoms with Crippen LogP contribution in [-0.2, 0) is 0 Å². The van der Waals surface area contributed by atoms with E-state index in [1.807, 2.05) is 0 Å². The first-order valence-electron chi connectivity index (χ1n) is 19.2. The van der Waals surface area contributed by atoms with Crippen LogP contribution in [0.1, 0.15) is 0 Å². The van der Waals surface area contributed by atoms with Crippen LogP contribution in [0.4, 0.5) is 0 Å². The van der Waals surface area contributed by atoms with Crippen molar-refractivity contribution in [1.82, 2.24) is 14.1 Å². The molecular weight excluding hydrogens is 679 g/mol. The smallest absolute Gasteiger partial charge is 0.0736 e. The molecule has 0 radical (unpaired) electrons. The first-order valence-corrected chi connectivity index (χ1v) is 19.2. The molecule has 0 bridgehead atoms. The summed E-state index contributed by atoms with van der Waals surface area (Å²) >= 11 is 0. The molecule has 3 nitrogen and oxygen atoms in total. The van der Waals surface area contributed by atoms with Gasteiger partial charge in [-0.3, -0.25) is 0 Å². The van der Waals surface area contributed by atoms with Gasteiger partial charge < -0.3 is 9.13 Å². The fraction of sp³-hybridized carbons (Fsp3) is 0. The van der Waals surface area contributed by atoms with Gasteiger partial charge in [-0.05, 0) is 63.3 Å². The van der Waals surface area contributed by atoms with Gasteiger partial charge >= 0.3 is 0 Å². The highest BCUT2D eigenvalue weighted by Crippen LogP contribution is 2.44. The zero-order chi connectivity index (χ0) is 36.7. The fourth-order valence-electron chi connectivity index (χ4n) is 9.26. The van der Waals surface area contributed by atoms with Gasteiger partial charge in [-0.2, -0.15) is 0 Å². The number of para-hydroxylation sites is 2. The van der Waals surface area contributed by atoms with E-state index in [4.69, 9.17) is 4.98 Å². The quantitative estimate of drug-likeness (QED) is 0.178. The maximum atomic E-state index is 5.51. The zero-order valence-corrected chi connectivity index (χ0v) is 30.4. The van der Waals surface area contributed by atoms with E-state index < -0.39 is 0 Å². The number of aromatic nitrogens is 3. The molecule has 12 rings (SSSR count). The number of rotatable bonds is 4. The highest BCUT2D eigenvalue weighted by Gasteiger charge is 2.23. The van der Waals surface area contributed by atoms with E-state index in [9.17, 15) is 0 Å². The summed E-state index contributed by atoms with van der Waals surface area (Å²) in [6.07, 6.45) is 0. The van der Waals surface area contributed by atoms with E-state index in [1.54, 1.807) is 0 Å². The minimum absolute atomic E-state index is 0.943. The van der Waals surface area contributed by atoms with Gasteiger partial charge in [0.2, 0.25) is 0 Å². The summed E-state index contributed by atoms with van der Waals surface area (Å²) in [5.74, 6) is 0. The average molecular weight is 712 g/mol. The summed E-state index contributed by atoms with van der Waals surface area (Å²) in [6, 6.07) is 72.6. The summed E-state index contributed by atoms with van der Waals surface area (Å²) in [4.78, 5) is 5.51. The Morgan fingerprint density at radius 1 is 0.321 bits per heavy atom. The molecular formula is C53H33N3. The predicted octanol–water partition coefficient (Wildman–Crippen LogP) is 14.1. The normalized spacial score (nSPS) is 11.9. The van der Waals surface area contributed by atoms with Crippen molar-refractivity contribution < 1.29 is 0 Å². The second-order valence-electron chi connectivity index (χ2n) is 14.7. The largest absolute Gasteiger partial charge is 0.309 e. The summed E-state index contributed by atoms with van der Waals surface area (Å²) in [5.41, 5.74) is 11.1. The molecule has 3 heteroatoms. The molecule has 9 aromatic carbocycles. The van der Waals surface area contributed by atoms with Gasteiger partial charge in [-0.15, -0.1) is 0 Å². The van der Waals surface area contributed by atoms with Gasteiger partial charge in [0.1, 0.15) is 0 Å². The number of nitrogens with zero attached hydrogens (tertiary/aromatic N) is 3. The number of hydrogen-bond donors (Lipinski definition) is 0. The molecule has 56 heavy (non-hydrogen) atoms. The van der Waals surface area contributed by atoms with Crippen molar-refractivity contribution in [2.45, 2.75) is 0 Å². The van der Waals surface area contributed by atoms with Crippen LogP contribution in [-0.4, -0.2) is 14.1 Å². The van der Waals surface area contributed by atoms with Gasteiger partial charge in [0, 0.05) is 38.1 Å². The monoisotopic (exact) mass is 711 g/mol. The van der Waals surface area contributed by atoms with Crippen LogP contribution in [0.2, 0.25) is 0 Å². The van der Waals surface area contributed by atoms with Crippen LogP contribution in [0.5, 0.6) is 0 Å². The third kappa shape index (κ3) is 4.49. The van der Waals surface area contributed by atoms with Gasteiger partial charge in [0.15, 0.2) is 0 Å². The highest BCUT2D eigenvalue weighted by molar-refractivity contribution is 6.26. The van der Waals surface area contributed by atoms with E-state index in [2.05, 4.69) is 209 Å². The van der Waals surface area contributed by atoms with Gasteiger partial charge in [-0.25, -0.2) is 4.98 Å². The van der Waals surface area contributed by atoms with Gasteiger partial charge in [0.25, 0.3) is 0 Å². The topological polar surface area (TPSA) is 22.8 Å². The van der Waals surface area contributed by atoms with Crippen LogP contribution in [0, 0.1) is 0 Å². The van der Waals surface area contributed by atoms with E-state index in [0.29, 0.717) is 0 Å². The second-order valence-corrected chi connectivity index (χ2v) is 14.7. The third-order valence-electron chi connectivity index (χ3n) is 11.7. The SMILES string of the molecule is c1ccc2c(-c3cc(-n4c5ccccc5c5ccc6c(c7ccccc7n6-c6cccc7ccccc67)c54)cc(-c4cccc5ccccc45)n3)cccc2c1. The molecule has 0 unspecified atom stereocenters. The van der Waals surface area contributed by atoms with Crippen molar-refractivity contribution in [2.75, 3.05) is 0 Å². The van der Waals surface area contributed by atoms with Crippen molar-refractivity contribution >= 4 is 75.9 Å². The lowest BCUT2D eigenvalue weighted by Gasteiger charge is -2.16. The number of hydrogen-bond acceptors (Lipinski definition) is 1. The molecule has 3 heterocycles. The molecule has 0 N–H and O–H groups in total. The first kappa shape index (κ1) is 30.9. The number of fused-ring (bicyclic) bond motifs is 10. The van der Waals surface area contributed by atoms with E-state index in [0.717, 1.165) is 33.7 Å². The predicted molar refractivity (Wildman–Crippen MR) is 236 cm³/mol. The van der Waals surface area contributed by atoms with Gasteiger partial charge in [0.05, 0.1) is 44.8 Å². The molecule has 0 saturated carbocycles. The van der Waals surface area contributed by atoms with Crippen molar-refractivity contribution in [3.05, 3.63) is 200 Å². The van der Waals surface area contributed by atoms with Crippen molar-refractivity contribution in [3.63, 3.8) is 0 Å². The molecule has 0 aliphatic carbocycles. The Morgan fingerprint density at radius 3 is 1.45 bits per heavy atom. The summed E-state index contributed by atoms with van der Waals surface area (Å²) in [7, 11) is 0. The average Bonchev–Trinajstić information content (AvgIpc) is 3.78. The Balaban J connectivity index is 1.24. The van der Waals surface area contributed by atoms with Gasteiger partial charge in [-0.1, -0.05) is 164 Å². The Morgan fingerprint density at radius 2 is 0.804 bits per heavy atom. The Hall–Kier alpha value is -7.49. The fourth-order valence-corrected chi connectivity index (χ4v) is 9.26. The van der Waals surface area contributed by atoms with Crippen LogP contribution in [0.15, 0.2) is 200 Å². The van der Waals surface area contributed by atoms with Crippen molar-refractivity contribution in [3.8, 4) is 33.9 Å². The molecule has 0 aliphatic rings. The Kier molecular flexibility index (Phi) is 6.63. The van der Waals surface area contributed by atoms with Crippen LogP contribution >= 0.6 is 0 Å². The van der Waals surface area contributed by atoms with E-state index >= 15 is 0 Å². The maximum Gasteiger partial charge on any atom is 0.0736 e. The van der Waals surface area contributed by atoms with E-state index in [1.165, 1.54) is 76.1 Å². The molecule has 0 saturated heterocycles. The standard InChI is InChI=1S/C53H33N3/c1-4-20-38-34(14-1)17-11-25-41(38)46-32-37(33-47(54-46)42-26-12-18-35-15-2-5-21-39(35)42)55-49-27-9-7-23-43(49)44-30-31-51-52(53(44)55)45-24-8-10-28-50(45)56(51)48-29-13-19-36-16-3-6-22-40(36)48/h1-33H. The number of benzene rings is 9. The second kappa shape index (κ2) is 12.0. The molecule has 12 aromatic rings. The first-order chi connectivity index (χ1) is 27.8. The third-order valence-corrected chi connectivity index (χ3v) is 11.7. The molecule has 0 spiro atoms. The molecule has 3 aromatic heterocycles. The molecule has 0 aliphatic heterocycles. The molecule has 0 amide bonds. The van der Waals surface area contributed by atoms with Crippen LogP contribution < -0.4 is 0 Å². The minimum Gasteiger partial charge on any atom is -0.309 e. The van der Waals surface area contributed by atoms with E-state index in [-0.39, 0.29) is 0 Å². The summed E-state index contributed by atoms with van der Waals surface area (Å²) in [6.45, 7) is 0.